The van der Waals surface area contributed by atoms with Crippen LogP contribution in [-0.2, 0) is 6.54 Å². The lowest BCUT2D eigenvalue weighted by atomic mass is 9.94. The third-order valence-corrected chi connectivity index (χ3v) is 4.17. The Balaban J connectivity index is 1.54. The summed E-state index contributed by atoms with van der Waals surface area (Å²) in [6, 6.07) is 8.37. The van der Waals surface area contributed by atoms with Crippen molar-refractivity contribution >= 4 is 11.0 Å². The number of aryl methyl sites for hydroxylation is 1. The van der Waals surface area contributed by atoms with Gasteiger partial charge in [0.15, 0.2) is 0 Å². The summed E-state index contributed by atoms with van der Waals surface area (Å²) >= 11 is 0. The van der Waals surface area contributed by atoms with E-state index in [1.54, 1.807) is 0 Å². The van der Waals surface area contributed by atoms with E-state index >= 15 is 0 Å². The number of hydrogen-bond donors (Lipinski definition) is 1. The molecule has 3 nitrogen and oxygen atoms in total. The van der Waals surface area contributed by atoms with Crippen molar-refractivity contribution in [2.75, 3.05) is 13.1 Å². The van der Waals surface area contributed by atoms with Crippen LogP contribution in [0, 0.1) is 12.8 Å². The van der Waals surface area contributed by atoms with Gasteiger partial charge in [-0.25, -0.2) is 4.98 Å². The number of benzene rings is 1. The lowest BCUT2D eigenvalue weighted by molar-refractivity contribution is 0.434. The zero-order valence-corrected chi connectivity index (χ0v) is 12.2. The number of nitrogens with zero attached hydrogens (tertiary/aromatic N) is 2. The molecule has 1 unspecified atom stereocenters. The molecule has 0 bridgehead atoms. The van der Waals surface area contributed by atoms with Crippen molar-refractivity contribution in [3.05, 3.63) is 42.2 Å². The highest BCUT2D eigenvalue weighted by atomic mass is 15.1. The van der Waals surface area contributed by atoms with Crippen molar-refractivity contribution in [2.45, 2.75) is 32.7 Å². The van der Waals surface area contributed by atoms with Gasteiger partial charge in [-0.15, -0.1) is 0 Å². The number of rotatable bonds is 5. The molecule has 0 amide bonds. The van der Waals surface area contributed by atoms with Crippen LogP contribution in [0.4, 0.5) is 0 Å². The maximum Gasteiger partial charge on any atom is 0.106 e. The molecule has 1 heterocycles. The Bertz CT molecular complexity index is 597. The standard InChI is InChI=1S/C17H23N3/c1-14-19-16-9-5-6-10-17(16)20(14)12-11-18-13-15-7-3-2-4-8-15/h2-3,5-6,9-10,15,18H,4,7-8,11-13H2,1H3. The van der Waals surface area contributed by atoms with Gasteiger partial charge in [0.25, 0.3) is 0 Å². The lowest BCUT2D eigenvalue weighted by Crippen LogP contribution is -2.27. The molecule has 1 aliphatic rings. The molecule has 1 N–H and O–H groups in total. The Morgan fingerprint density at radius 3 is 3.05 bits per heavy atom. The molecule has 3 heteroatoms. The largest absolute Gasteiger partial charge is 0.327 e. The summed E-state index contributed by atoms with van der Waals surface area (Å²) in [5, 5.41) is 3.60. The van der Waals surface area contributed by atoms with Gasteiger partial charge in [0.1, 0.15) is 5.82 Å². The molecule has 106 valence electrons. The van der Waals surface area contributed by atoms with E-state index in [9.17, 15) is 0 Å². The highest BCUT2D eigenvalue weighted by molar-refractivity contribution is 5.75. The molecule has 0 fully saturated rings. The van der Waals surface area contributed by atoms with E-state index in [0.29, 0.717) is 0 Å². The molecule has 1 aliphatic carbocycles. The van der Waals surface area contributed by atoms with Gasteiger partial charge in [-0.1, -0.05) is 24.3 Å². The van der Waals surface area contributed by atoms with Gasteiger partial charge >= 0.3 is 0 Å². The van der Waals surface area contributed by atoms with Gasteiger partial charge < -0.3 is 9.88 Å². The highest BCUT2D eigenvalue weighted by Gasteiger charge is 2.09. The molecule has 1 aromatic heterocycles. The first-order valence-electron chi connectivity index (χ1n) is 7.62. The second-order valence-electron chi connectivity index (χ2n) is 5.65. The molecule has 0 spiro atoms. The van der Waals surface area contributed by atoms with Gasteiger partial charge in [-0.05, 0) is 50.8 Å². The number of allylic oxidation sites excluding steroid dienone is 2. The van der Waals surface area contributed by atoms with E-state index in [1.165, 1.54) is 24.8 Å². The maximum absolute atomic E-state index is 4.61. The summed E-state index contributed by atoms with van der Waals surface area (Å²) in [7, 11) is 0. The Labute approximate surface area is 120 Å². The van der Waals surface area contributed by atoms with E-state index in [4.69, 9.17) is 0 Å². The second kappa shape index (κ2) is 6.23. The second-order valence-corrected chi connectivity index (χ2v) is 5.65. The molecule has 0 saturated heterocycles. The van der Waals surface area contributed by atoms with Crippen molar-refractivity contribution in [1.82, 2.24) is 14.9 Å². The normalized spacial score (nSPS) is 18.8. The topological polar surface area (TPSA) is 29.9 Å². The molecular formula is C17H23N3. The molecule has 20 heavy (non-hydrogen) atoms. The van der Waals surface area contributed by atoms with Crippen LogP contribution in [0.5, 0.6) is 0 Å². The van der Waals surface area contributed by atoms with Crippen LogP contribution in [-0.4, -0.2) is 22.6 Å². The average Bonchev–Trinajstić information content (AvgIpc) is 2.80. The van der Waals surface area contributed by atoms with Gasteiger partial charge in [0.2, 0.25) is 0 Å². The average molecular weight is 269 g/mol. The first-order chi connectivity index (χ1) is 9.84. The summed E-state index contributed by atoms with van der Waals surface area (Å²) in [6.45, 7) is 5.23. The molecule has 1 atom stereocenters. The van der Waals surface area contributed by atoms with Crippen molar-refractivity contribution in [1.29, 1.82) is 0 Å². The minimum absolute atomic E-state index is 0.820. The fourth-order valence-corrected chi connectivity index (χ4v) is 3.02. The van der Waals surface area contributed by atoms with Gasteiger partial charge in [0, 0.05) is 13.1 Å². The molecule has 3 rings (SSSR count). The van der Waals surface area contributed by atoms with Gasteiger partial charge in [0.05, 0.1) is 11.0 Å². The lowest BCUT2D eigenvalue weighted by Gasteiger charge is -2.18. The SMILES string of the molecule is Cc1nc2ccccc2n1CCNCC1CC=CCC1. The van der Waals surface area contributed by atoms with Crippen LogP contribution in [0.3, 0.4) is 0 Å². The number of imidazole rings is 1. The quantitative estimate of drug-likeness (QED) is 0.667. The number of aromatic nitrogens is 2. The monoisotopic (exact) mass is 269 g/mol. The third-order valence-electron chi connectivity index (χ3n) is 4.17. The van der Waals surface area contributed by atoms with E-state index < -0.39 is 0 Å². The van der Waals surface area contributed by atoms with Crippen LogP contribution >= 0.6 is 0 Å². The molecule has 0 aliphatic heterocycles. The van der Waals surface area contributed by atoms with Gasteiger partial charge in [-0.3, -0.25) is 0 Å². The Hall–Kier alpha value is -1.61. The fourth-order valence-electron chi connectivity index (χ4n) is 3.02. The number of nitrogens with one attached hydrogen (secondary N) is 1. The number of hydrogen-bond acceptors (Lipinski definition) is 2. The number of para-hydroxylation sites is 2. The zero-order valence-electron chi connectivity index (χ0n) is 12.2. The smallest absolute Gasteiger partial charge is 0.106 e. The molecule has 2 aromatic rings. The first kappa shape index (κ1) is 13.4. The maximum atomic E-state index is 4.61. The fraction of sp³-hybridized carbons (Fsp3) is 0.471. The van der Waals surface area contributed by atoms with Crippen LogP contribution < -0.4 is 5.32 Å². The Kier molecular flexibility index (Phi) is 4.16. The summed E-state index contributed by atoms with van der Waals surface area (Å²) < 4.78 is 2.31. The minimum atomic E-state index is 0.820. The predicted octanol–water partition coefficient (Wildman–Crippen LogP) is 3.29. The molecule has 0 saturated carbocycles. The van der Waals surface area contributed by atoms with Crippen LogP contribution in [0.25, 0.3) is 11.0 Å². The van der Waals surface area contributed by atoms with E-state index in [0.717, 1.165) is 36.9 Å². The molecule has 0 radical (unpaired) electrons. The summed E-state index contributed by atoms with van der Waals surface area (Å²) in [4.78, 5) is 4.61. The zero-order chi connectivity index (χ0) is 13.8. The van der Waals surface area contributed by atoms with E-state index in [1.807, 2.05) is 6.07 Å². The van der Waals surface area contributed by atoms with Crippen molar-refractivity contribution in [3.63, 3.8) is 0 Å². The number of fused-ring (bicyclic) bond motifs is 1. The van der Waals surface area contributed by atoms with E-state index in [2.05, 4.69) is 52.1 Å². The Morgan fingerprint density at radius 2 is 2.20 bits per heavy atom. The Morgan fingerprint density at radius 1 is 1.30 bits per heavy atom. The molecular weight excluding hydrogens is 246 g/mol. The van der Waals surface area contributed by atoms with Crippen LogP contribution in [0.15, 0.2) is 36.4 Å². The van der Waals surface area contributed by atoms with Crippen LogP contribution in [0.1, 0.15) is 25.1 Å². The van der Waals surface area contributed by atoms with Crippen molar-refractivity contribution < 1.29 is 0 Å². The van der Waals surface area contributed by atoms with Crippen molar-refractivity contribution in [3.8, 4) is 0 Å². The molecule has 1 aromatic carbocycles. The van der Waals surface area contributed by atoms with E-state index in [-0.39, 0.29) is 0 Å². The summed E-state index contributed by atoms with van der Waals surface area (Å²) in [6.07, 6.45) is 8.44. The van der Waals surface area contributed by atoms with Gasteiger partial charge in [-0.2, -0.15) is 0 Å². The van der Waals surface area contributed by atoms with Crippen molar-refractivity contribution in [2.24, 2.45) is 5.92 Å². The van der Waals surface area contributed by atoms with Crippen LogP contribution in [0.2, 0.25) is 0 Å². The highest BCUT2D eigenvalue weighted by Crippen LogP contribution is 2.17. The third kappa shape index (κ3) is 2.93. The first-order valence-corrected chi connectivity index (χ1v) is 7.62. The summed E-state index contributed by atoms with van der Waals surface area (Å²) in [5.41, 5.74) is 2.34. The summed E-state index contributed by atoms with van der Waals surface area (Å²) in [5.74, 6) is 1.93. The predicted molar refractivity (Wildman–Crippen MR) is 83.8 cm³/mol. The minimum Gasteiger partial charge on any atom is -0.327 e.